The van der Waals surface area contributed by atoms with Gasteiger partial charge in [-0.3, -0.25) is 0 Å². The van der Waals surface area contributed by atoms with Gasteiger partial charge in [-0.05, 0) is 0 Å². The van der Waals surface area contributed by atoms with Crippen molar-refractivity contribution in [2.24, 2.45) is 0 Å². The summed E-state index contributed by atoms with van der Waals surface area (Å²) in [6.45, 7) is 0. The molecule has 0 aliphatic heterocycles. The van der Waals surface area contributed by atoms with E-state index in [-0.39, 0.29) is 40.0 Å². The standard InChI is InChI=1S/C14H9.BrH.Mg/c1-3-7-13-11(5-1)9-10-12-6-2-4-8-14(12)13;;/h1-9H;1H;/q-1;;+2/p-1. The summed E-state index contributed by atoms with van der Waals surface area (Å²) in [5, 5.41) is 5.03. The third-order valence-corrected chi connectivity index (χ3v) is 2.56. The summed E-state index contributed by atoms with van der Waals surface area (Å²) in [6.07, 6.45) is 0. The molecular weight excluding hydrogens is 272 g/mol. The molecule has 0 saturated heterocycles. The molecule has 0 bridgehead atoms. The van der Waals surface area contributed by atoms with Crippen molar-refractivity contribution in [2.45, 2.75) is 0 Å². The molecule has 0 nitrogen and oxygen atoms in total. The first-order chi connectivity index (χ1) is 6.95. The minimum Gasteiger partial charge on any atom is -1.00 e. The normalized spacial score (nSPS) is 9.50. The van der Waals surface area contributed by atoms with Gasteiger partial charge in [0.15, 0.2) is 0 Å². The molecule has 16 heavy (non-hydrogen) atoms. The molecule has 0 fully saturated rings. The minimum absolute atomic E-state index is 0. The summed E-state index contributed by atoms with van der Waals surface area (Å²) >= 11 is 0. The van der Waals surface area contributed by atoms with Gasteiger partial charge < -0.3 is 17.0 Å². The summed E-state index contributed by atoms with van der Waals surface area (Å²) in [7, 11) is 0. The van der Waals surface area contributed by atoms with Crippen LogP contribution >= 0.6 is 0 Å². The van der Waals surface area contributed by atoms with Crippen molar-refractivity contribution >= 4 is 44.6 Å². The molecule has 0 N–H and O–H groups in total. The average molecular weight is 281 g/mol. The van der Waals surface area contributed by atoms with Crippen molar-refractivity contribution in [2.75, 3.05) is 0 Å². The first-order valence-corrected chi connectivity index (χ1v) is 4.73. The molecule has 0 radical (unpaired) electrons. The third kappa shape index (κ3) is 2.24. The maximum absolute atomic E-state index is 3.29. The van der Waals surface area contributed by atoms with Crippen LogP contribution < -0.4 is 17.0 Å². The quantitative estimate of drug-likeness (QED) is 0.318. The van der Waals surface area contributed by atoms with Crippen LogP contribution in [0.4, 0.5) is 0 Å². The van der Waals surface area contributed by atoms with Crippen LogP contribution in [0.3, 0.4) is 0 Å². The summed E-state index contributed by atoms with van der Waals surface area (Å²) in [5.74, 6) is 0. The van der Waals surface area contributed by atoms with Crippen LogP contribution in [0.5, 0.6) is 0 Å². The van der Waals surface area contributed by atoms with Gasteiger partial charge in [0.2, 0.25) is 0 Å². The molecular formula is C14H9BrMg. The van der Waals surface area contributed by atoms with Crippen LogP contribution in [0, 0.1) is 6.07 Å². The number of fused-ring (bicyclic) bond motifs is 3. The predicted molar refractivity (Wildman–Crippen MR) is 66.0 cm³/mol. The predicted octanol–water partition coefficient (Wildman–Crippen LogP) is 0.416. The zero-order valence-electron chi connectivity index (χ0n) is 8.78. The van der Waals surface area contributed by atoms with Gasteiger partial charge >= 0.3 is 23.1 Å². The summed E-state index contributed by atoms with van der Waals surface area (Å²) in [6, 6.07) is 22.1. The van der Waals surface area contributed by atoms with Crippen molar-refractivity contribution < 1.29 is 17.0 Å². The van der Waals surface area contributed by atoms with Crippen molar-refractivity contribution in [1.82, 2.24) is 0 Å². The van der Waals surface area contributed by atoms with Crippen LogP contribution in [0.15, 0.2) is 54.6 Å². The number of benzene rings is 3. The number of hydrogen-bond acceptors (Lipinski definition) is 0. The second-order valence-electron chi connectivity index (χ2n) is 3.42. The smallest absolute Gasteiger partial charge is 1.00 e. The Morgan fingerprint density at radius 2 is 1.38 bits per heavy atom. The van der Waals surface area contributed by atoms with E-state index in [0.717, 1.165) is 0 Å². The molecule has 0 spiro atoms. The van der Waals surface area contributed by atoms with Gasteiger partial charge in [0.05, 0.1) is 0 Å². The molecule has 3 aromatic rings. The van der Waals surface area contributed by atoms with E-state index in [1.165, 1.54) is 21.5 Å². The second kappa shape index (κ2) is 5.66. The van der Waals surface area contributed by atoms with Crippen molar-refractivity contribution in [3.05, 3.63) is 60.7 Å². The summed E-state index contributed by atoms with van der Waals surface area (Å²) in [5.41, 5.74) is 0. The van der Waals surface area contributed by atoms with Crippen molar-refractivity contribution in [3.8, 4) is 0 Å². The Labute approximate surface area is 122 Å². The molecule has 0 atom stereocenters. The Morgan fingerprint density at radius 3 is 2.19 bits per heavy atom. The first kappa shape index (κ1) is 13.5. The zero-order valence-corrected chi connectivity index (χ0v) is 11.8. The molecule has 0 aromatic heterocycles. The summed E-state index contributed by atoms with van der Waals surface area (Å²) < 4.78 is 0. The molecule has 0 saturated carbocycles. The van der Waals surface area contributed by atoms with E-state index in [9.17, 15) is 0 Å². The van der Waals surface area contributed by atoms with Gasteiger partial charge in [0, 0.05) is 0 Å². The van der Waals surface area contributed by atoms with E-state index in [1.807, 2.05) is 6.07 Å². The Kier molecular flexibility index (Phi) is 4.78. The Balaban J connectivity index is 0.000000640. The molecule has 74 valence electrons. The van der Waals surface area contributed by atoms with Gasteiger partial charge in [-0.2, -0.15) is 0 Å². The molecule has 0 aliphatic rings. The van der Waals surface area contributed by atoms with Crippen LogP contribution in [0.1, 0.15) is 0 Å². The molecule has 3 aromatic carbocycles. The zero-order chi connectivity index (χ0) is 9.38. The maximum atomic E-state index is 3.29. The largest absolute Gasteiger partial charge is 2.00 e. The fraction of sp³-hybridized carbons (Fsp3) is 0. The maximum Gasteiger partial charge on any atom is 2.00 e. The average Bonchev–Trinajstić information content (AvgIpc) is 2.29. The van der Waals surface area contributed by atoms with Crippen LogP contribution in [0.2, 0.25) is 0 Å². The fourth-order valence-corrected chi connectivity index (χ4v) is 1.87. The Morgan fingerprint density at radius 1 is 0.750 bits per heavy atom. The minimum atomic E-state index is 0. The van der Waals surface area contributed by atoms with E-state index in [4.69, 9.17) is 0 Å². The first-order valence-electron chi connectivity index (χ1n) is 4.73. The topological polar surface area (TPSA) is 0 Å². The number of halogens is 1. The number of rotatable bonds is 0. The van der Waals surface area contributed by atoms with E-state index in [2.05, 4.69) is 54.6 Å². The molecule has 0 aliphatic carbocycles. The van der Waals surface area contributed by atoms with E-state index >= 15 is 0 Å². The van der Waals surface area contributed by atoms with E-state index in [1.54, 1.807) is 0 Å². The van der Waals surface area contributed by atoms with Gasteiger partial charge in [0.1, 0.15) is 0 Å². The molecule has 2 heteroatoms. The van der Waals surface area contributed by atoms with Gasteiger partial charge in [-0.15, -0.1) is 35.0 Å². The molecule has 3 rings (SSSR count). The van der Waals surface area contributed by atoms with Crippen LogP contribution in [-0.4, -0.2) is 23.1 Å². The van der Waals surface area contributed by atoms with Gasteiger partial charge in [-0.1, -0.05) is 47.2 Å². The Hall–Kier alpha value is -0.574. The Bertz CT molecular complexity index is 550. The SMILES string of the molecule is [Br-].[Mg+2].[c-]1cc2ccccc2c2ccccc12. The van der Waals surface area contributed by atoms with E-state index in [0.29, 0.717) is 0 Å². The molecule has 0 heterocycles. The summed E-state index contributed by atoms with van der Waals surface area (Å²) in [4.78, 5) is 0. The van der Waals surface area contributed by atoms with Crippen LogP contribution in [0.25, 0.3) is 21.5 Å². The second-order valence-corrected chi connectivity index (χ2v) is 3.42. The van der Waals surface area contributed by atoms with Crippen LogP contribution in [-0.2, 0) is 0 Å². The third-order valence-electron chi connectivity index (χ3n) is 2.56. The monoisotopic (exact) mass is 280 g/mol. The van der Waals surface area contributed by atoms with Gasteiger partial charge in [-0.25, -0.2) is 0 Å². The van der Waals surface area contributed by atoms with Crippen molar-refractivity contribution in [3.63, 3.8) is 0 Å². The van der Waals surface area contributed by atoms with E-state index < -0.39 is 0 Å². The number of hydrogen-bond donors (Lipinski definition) is 0. The fourth-order valence-electron chi connectivity index (χ4n) is 1.87. The van der Waals surface area contributed by atoms with Crippen molar-refractivity contribution in [1.29, 1.82) is 0 Å². The molecule has 0 amide bonds. The van der Waals surface area contributed by atoms with Gasteiger partial charge in [0.25, 0.3) is 0 Å². The molecule has 0 unspecified atom stereocenters.